The van der Waals surface area contributed by atoms with Crippen LogP contribution in [0.15, 0.2) is 24.4 Å². The molecule has 0 aliphatic carbocycles. The van der Waals surface area contributed by atoms with Crippen molar-refractivity contribution in [2.45, 2.75) is 6.43 Å². The largest absolute Gasteiger partial charge is 0.477 e. The van der Waals surface area contributed by atoms with Crippen LogP contribution < -0.4 is 0 Å². The van der Waals surface area contributed by atoms with Gasteiger partial charge in [0.25, 0.3) is 6.43 Å². The normalized spacial score (nSPS) is 10.9. The van der Waals surface area contributed by atoms with Gasteiger partial charge in [0.2, 0.25) is 0 Å². The van der Waals surface area contributed by atoms with Crippen LogP contribution >= 0.6 is 11.3 Å². The molecule has 0 atom stereocenters. The molecule has 2 aromatic rings. The Balaban J connectivity index is 2.46. The van der Waals surface area contributed by atoms with E-state index in [0.29, 0.717) is 0 Å². The van der Waals surface area contributed by atoms with Crippen molar-refractivity contribution in [2.75, 3.05) is 0 Å². The number of thiazole rings is 1. The van der Waals surface area contributed by atoms with Crippen LogP contribution in [0.2, 0.25) is 0 Å². The Bertz CT molecular complexity index is 598. The van der Waals surface area contributed by atoms with Crippen molar-refractivity contribution in [2.24, 2.45) is 0 Å². The van der Waals surface area contributed by atoms with E-state index in [1.165, 1.54) is 0 Å². The van der Waals surface area contributed by atoms with Crippen LogP contribution in [-0.4, -0.2) is 16.1 Å². The molecule has 1 N–H and O–H groups in total. The Kier molecular flexibility index (Phi) is 3.33. The van der Waals surface area contributed by atoms with Gasteiger partial charge in [0.15, 0.2) is 0 Å². The maximum atomic E-state index is 13.2. The molecule has 0 spiro atoms. The number of benzene rings is 1. The summed E-state index contributed by atoms with van der Waals surface area (Å²) in [6, 6.07) is 2.87. The minimum atomic E-state index is -2.79. The second-order valence-corrected chi connectivity index (χ2v) is 4.44. The number of carbonyl (C=O) groups is 1. The SMILES string of the molecule is O=C(O)c1cnc(-c2cc(F)cc(C(F)F)c2)s1. The lowest BCUT2D eigenvalue weighted by molar-refractivity contribution is 0.0702. The van der Waals surface area contributed by atoms with Gasteiger partial charge in [-0.15, -0.1) is 11.3 Å². The number of hydrogen-bond acceptors (Lipinski definition) is 3. The summed E-state index contributed by atoms with van der Waals surface area (Å²) >= 11 is 0.801. The van der Waals surface area contributed by atoms with E-state index in [1.54, 1.807) is 0 Å². The lowest BCUT2D eigenvalue weighted by Gasteiger charge is -2.02. The van der Waals surface area contributed by atoms with Crippen molar-refractivity contribution in [3.05, 3.63) is 40.7 Å². The third-order valence-electron chi connectivity index (χ3n) is 2.14. The molecule has 2 rings (SSSR count). The van der Waals surface area contributed by atoms with Gasteiger partial charge in [0.1, 0.15) is 15.7 Å². The van der Waals surface area contributed by atoms with E-state index in [9.17, 15) is 18.0 Å². The van der Waals surface area contributed by atoms with Gasteiger partial charge < -0.3 is 5.11 Å². The Labute approximate surface area is 104 Å². The molecule has 18 heavy (non-hydrogen) atoms. The number of aromatic nitrogens is 1. The summed E-state index contributed by atoms with van der Waals surface area (Å²) in [5.41, 5.74) is -0.320. The zero-order valence-corrected chi connectivity index (χ0v) is 9.55. The predicted molar refractivity (Wildman–Crippen MR) is 59.4 cm³/mol. The Morgan fingerprint density at radius 2 is 2.06 bits per heavy atom. The standard InChI is InChI=1S/C11H6F3NO2S/c12-7-2-5(9(13)14)1-6(3-7)10-15-4-8(18-10)11(16)17/h1-4,9H,(H,16,17). The van der Waals surface area contributed by atoms with Crippen LogP contribution in [0.5, 0.6) is 0 Å². The van der Waals surface area contributed by atoms with Gasteiger partial charge in [-0.1, -0.05) is 0 Å². The van der Waals surface area contributed by atoms with Gasteiger partial charge in [-0.3, -0.25) is 0 Å². The van der Waals surface area contributed by atoms with E-state index in [0.717, 1.165) is 35.7 Å². The van der Waals surface area contributed by atoms with Gasteiger partial charge >= 0.3 is 5.97 Å². The zero-order valence-electron chi connectivity index (χ0n) is 8.73. The highest BCUT2D eigenvalue weighted by molar-refractivity contribution is 7.16. The van der Waals surface area contributed by atoms with E-state index in [4.69, 9.17) is 5.11 Å². The summed E-state index contributed by atoms with van der Waals surface area (Å²) in [4.78, 5) is 14.4. The van der Waals surface area contributed by atoms with Crippen molar-refractivity contribution in [1.29, 1.82) is 0 Å². The van der Waals surface area contributed by atoms with Gasteiger partial charge in [0.05, 0.1) is 6.20 Å². The van der Waals surface area contributed by atoms with E-state index in [2.05, 4.69) is 4.98 Å². The molecule has 0 unspecified atom stereocenters. The van der Waals surface area contributed by atoms with Crippen molar-refractivity contribution < 1.29 is 23.1 Å². The first kappa shape index (κ1) is 12.6. The quantitative estimate of drug-likeness (QED) is 0.929. The zero-order chi connectivity index (χ0) is 13.3. The molecule has 0 amide bonds. The van der Waals surface area contributed by atoms with Crippen LogP contribution in [0.4, 0.5) is 13.2 Å². The molecule has 0 radical (unpaired) electrons. The Morgan fingerprint density at radius 1 is 1.33 bits per heavy atom. The lowest BCUT2D eigenvalue weighted by Crippen LogP contribution is -1.89. The summed E-state index contributed by atoms with van der Waals surface area (Å²) in [7, 11) is 0. The summed E-state index contributed by atoms with van der Waals surface area (Å²) < 4.78 is 38.2. The molecule has 0 saturated heterocycles. The molecule has 0 bridgehead atoms. The van der Waals surface area contributed by atoms with Crippen LogP contribution in [0, 0.1) is 5.82 Å². The van der Waals surface area contributed by atoms with E-state index >= 15 is 0 Å². The average molecular weight is 273 g/mol. The highest BCUT2D eigenvalue weighted by atomic mass is 32.1. The molecule has 0 fully saturated rings. The maximum Gasteiger partial charge on any atom is 0.347 e. The fraction of sp³-hybridized carbons (Fsp3) is 0.0909. The molecule has 0 aliphatic heterocycles. The number of halogens is 3. The lowest BCUT2D eigenvalue weighted by atomic mass is 10.1. The smallest absolute Gasteiger partial charge is 0.347 e. The molecule has 3 nitrogen and oxygen atoms in total. The molecular formula is C11H6F3NO2S. The molecule has 7 heteroatoms. The third kappa shape index (κ3) is 2.51. The van der Waals surface area contributed by atoms with E-state index in [1.807, 2.05) is 0 Å². The van der Waals surface area contributed by atoms with Gasteiger partial charge in [0, 0.05) is 11.1 Å². The van der Waals surface area contributed by atoms with Crippen molar-refractivity contribution in [3.63, 3.8) is 0 Å². The third-order valence-corrected chi connectivity index (χ3v) is 3.17. The fourth-order valence-corrected chi connectivity index (χ4v) is 2.11. The molecule has 1 aromatic heterocycles. The first-order valence-electron chi connectivity index (χ1n) is 4.75. The highest BCUT2D eigenvalue weighted by Crippen LogP contribution is 2.29. The second-order valence-electron chi connectivity index (χ2n) is 3.41. The number of nitrogens with zero attached hydrogens (tertiary/aromatic N) is 1. The number of carboxylic acid groups (broad SMARTS) is 1. The molecule has 1 aromatic carbocycles. The monoisotopic (exact) mass is 273 g/mol. The molecule has 0 saturated carbocycles. The highest BCUT2D eigenvalue weighted by Gasteiger charge is 2.14. The number of rotatable bonds is 3. The predicted octanol–water partition coefficient (Wildman–Crippen LogP) is 3.59. The van der Waals surface area contributed by atoms with Crippen LogP contribution in [0.1, 0.15) is 21.7 Å². The summed E-state index contributed by atoms with van der Waals surface area (Å²) in [5.74, 6) is -1.97. The number of hydrogen-bond donors (Lipinski definition) is 1. The second kappa shape index (κ2) is 4.77. The van der Waals surface area contributed by atoms with Crippen molar-refractivity contribution >= 4 is 17.3 Å². The summed E-state index contributed by atoms with van der Waals surface area (Å²) in [6.07, 6.45) is -1.69. The van der Waals surface area contributed by atoms with Gasteiger partial charge in [-0.05, 0) is 18.2 Å². The van der Waals surface area contributed by atoms with Gasteiger partial charge in [-0.2, -0.15) is 0 Å². The summed E-state index contributed by atoms with van der Waals surface area (Å²) in [5, 5.41) is 8.91. The van der Waals surface area contributed by atoms with E-state index in [-0.39, 0.29) is 15.4 Å². The Morgan fingerprint density at radius 3 is 2.61 bits per heavy atom. The first-order chi connectivity index (χ1) is 8.47. The maximum absolute atomic E-state index is 13.2. The number of carboxylic acids is 1. The molecule has 94 valence electrons. The number of aromatic carboxylic acids is 1. The minimum absolute atomic E-state index is 0.0344. The van der Waals surface area contributed by atoms with Crippen LogP contribution in [0.25, 0.3) is 10.6 Å². The van der Waals surface area contributed by atoms with Crippen molar-refractivity contribution in [3.8, 4) is 10.6 Å². The average Bonchev–Trinajstić information content (AvgIpc) is 2.77. The topological polar surface area (TPSA) is 50.2 Å². The molecule has 0 aliphatic rings. The van der Waals surface area contributed by atoms with Crippen LogP contribution in [0.3, 0.4) is 0 Å². The van der Waals surface area contributed by atoms with Crippen molar-refractivity contribution in [1.82, 2.24) is 4.98 Å². The Hall–Kier alpha value is -1.89. The minimum Gasteiger partial charge on any atom is -0.477 e. The van der Waals surface area contributed by atoms with Crippen LogP contribution in [-0.2, 0) is 0 Å². The fourth-order valence-electron chi connectivity index (χ4n) is 1.37. The molecule has 1 heterocycles. The summed E-state index contributed by atoms with van der Waals surface area (Å²) in [6.45, 7) is 0. The van der Waals surface area contributed by atoms with Gasteiger partial charge in [-0.25, -0.2) is 22.9 Å². The molecular weight excluding hydrogens is 267 g/mol. The first-order valence-corrected chi connectivity index (χ1v) is 5.57. The number of alkyl halides is 2. The van der Waals surface area contributed by atoms with E-state index < -0.39 is 23.8 Å².